The molecule has 0 atom stereocenters. The minimum absolute atomic E-state index is 0.0552. The van der Waals surface area contributed by atoms with Crippen molar-refractivity contribution in [2.75, 3.05) is 0 Å². The molecule has 0 aliphatic carbocycles. The molecule has 0 radical (unpaired) electrons. The number of hydrogen-bond acceptors (Lipinski definition) is 3. The van der Waals surface area contributed by atoms with E-state index >= 15 is 0 Å². The molecule has 106 valence electrons. The van der Waals surface area contributed by atoms with Crippen molar-refractivity contribution in [3.8, 4) is 11.5 Å². The standard InChI is InChI=1S/C12H6Br2ClFO3S/c13-9-3-1-7(5-11(9)16)19-12-4-2-8(6-10(12)14)20(15,17)18/h1-6H. The lowest BCUT2D eigenvalue weighted by atomic mass is 10.3. The molecule has 0 saturated carbocycles. The fourth-order valence-corrected chi connectivity index (χ4v) is 3.02. The topological polar surface area (TPSA) is 43.4 Å². The minimum atomic E-state index is -3.81. The van der Waals surface area contributed by atoms with E-state index in [4.69, 9.17) is 15.4 Å². The molecule has 0 saturated heterocycles. The molecule has 2 aromatic carbocycles. The molecule has 0 N–H and O–H groups in total. The average molecular weight is 445 g/mol. The Balaban J connectivity index is 2.32. The quantitative estimate of drug-likeness (QED) is 0.621. The van der Waals surface area contributed by atoms with Gasteiger partial charge in [-0.15, -0.1) is 0 Å². The van der Waals surface area contributed by atoms with Gasteiger partial charge in [0.15, 0.2) is 0 Å². The van der Waals surface area contributed by atoms with Crippen LogP contribution in [-0.4, -0.2) is 8.42 Å². The van der Waals surface area contributed by atoms with Gasteiger partial charge < -0.3 is 4.74 Å². The maximum atomic E-state index is 13.4. The molecule has 0 unspecified atom stereocenters. The van der Waals surface area contributed by atoms with Gasteiger partial charge in [0.1, 0.15) is 17.3 Å². The first-order valence-corrected chi connectivity index (χ1v) is 9.04. The van der Waals surface area contributed by atoms with Crippen molar-refractivity contribution in [1.29, 1.82) is 0 Å². The first-order valence-electron chi connectivity index (χ1n) is 5.14. The van der Waals surface area contributed by atoms with Crippen molar-refractivity contribution < 1.29 is 17.5 Å². The number of halogens is 4. The third-order valence-electron chi connectivity index (χ3n) is 2.30. The Kier molecular flexibility index (Phi) is 4.73. The Hall–Kier alpha value is -0.630. The van der Waals surface area contributed by atoms with Crippen LogP contribution in [0.1, 0.15) is 0 Å². The van der Waals surface area contributed by atoms with Crippen LogP contribution in [0.4, 0.5) is 4.39 Å². The van der Waals surface area contributed by atoms with Gasteiger partial charge in [0.25, 0.3) is 9.05 Å². The SMILES string of the molecule is O=S(=O)(Cl)c1ccc(Oc2ccc(Br)c(F)c2)c(Br)c1. The highest BCUT2D eigenvalue weighted by Gasteiger charge is 2.13. The average Bonchev–Trinajstić information content (AvgIpc) is 2.35. The summed E-state index contributed by atoms with van der Waals surface area (Å²) in [4.78, 5) is -0.0552. The predicted molar refractivity (Wildman–Crippen MR) is 81.4 cm³/mol. The van der Waals surface area contributed by atoms with Crippen LogP contribution >= 0.6 is 42.5 Å². The normalized spacial score (nSPS) is 11.4. The molecular weight excluding hydrogens is 438 g/mol. The molecule has 0 spiro atoms. The summed E-state index contributed by atoms with van der Waals surface area (Å²) in [6.45, 7) is 0. The lowest BCUT2D eigenvalue weighted by Gasteiger charge is -2.09. The molecule has 8 heteroatoms. The van der Waals surface area contributed by atoms with E-state index in [9.17, 15) is 12.8 Å². The minimum Gasteiger partial charge on any atom is -0.456 e. The summed E-state index contributed by atoms with van der Waals surface area (Å²) in [6, 6.07) is 8.34. The summed E-state index contributed by atoms with van der Waals surface area (Å²) in [5, 5.41) is 0. The second kappa shape index (κ2) is 6.01. The van der Waals surface area contributed by atoms with Crippen LogP contribution in [0.15, 0.2) is 50.2 Å². The van der Waals surface area contributed by atoms with Gasteiger partial charge in [-0.25, -0.2) is 12.8 Å². The van der Waals surface area contributed by atoms with Crippen LogP contribution in [0.25, 0.3) is 0 Å². The van der Waals surface area contributed by atoms with Gasteiger partial charge in [-0.05, 0) is 62.2 Å². The molecule has 20 heavy (non-hydrogen) atoms. The molecule has 0 aromatic heterocycles. The van der Waals surface area contributed by atoms with Crippen LogP contribution < -0.4 is 4.74 Å². The second-order valence-electron chi connectivity index (χ2n) is 3.71. The lowest BCUT2D eigenvalue weighted by Crippen LogP contribution is -1.92. The predicted octanol–water partition coefficient (Wildman–Crippen LogP) is 5.07. The van der Waals surface area contributed by atoms with Gasteiger partial charge >= 0.3 is 0 Å². The van der Waals surface area contributed by atoms with Crippen molar-refractivity contribution >= 4 is 51.6 Å². The maximum absolute atomic E-state index is 13.4. The van der Waals surface area contributed by atoms with Gasteiger partial charge in [0.2, 0.25) is 0 Å². The first kappa shape index (κ1) is 15.8. The molecular formula is C12H6Br2ClFO3S. The zero-order valence-corrected chi connectivity index (χ0v) is 14.4. The smallest absolute Gasteiger partial charge is 0.261 e. The van der Waals surface area contributed by atoms with E-state index in [1.165, 1.54) is 30.3 Å². The largest absolute Gasteiger partial charge is 0.456 e. The molecule has 0 amide bonds. The maximum Gasteiger partial charge on any atom is 0.261 e. The van der Waals surface area contributed by atoms with Gasteiger partial charge in [-0.3, -0.25) is 0 Å². The Morgan fingerprint density at radius 1 is 1.05 bits per heavy atom. The van der Waals surface area contributed by atoms with E-state index in [0.717, 1.165) is 0 Å². The number of hydrogen-bond donors (Lipinski definition) is 0. The van der Waals surface area contributed by atoms with Crippen LogP contribution in [0, 0.1) is 5.82 Å². The van der Waals surface area contributed by atoms with Gasteiger partial charge in [0, 0.05) is 16.7 Å². The van der Waals surface area contributed by atoms with Crippen molar-refractivity contribution in [3.63, 3.8) is 0 Å². The summed E-state index contributed by atoms with van der Waals surface area (Å²) < 4.78 is 41.9. The molecule has 0 fully saturated rings. The fourth-order valence-electron chi connectivity index (χ4n) is 1.38. The van der Waals surface area contributed by atoms with Crippen LogP contribution in [-0.2, 0) is 9.05 Å². The molecule has 3 nitrogen and oxygen atoms in total. The highest BCUT2D eigenvalue weighted by Crippen LogP contribution is 2.33. The lowest BCUT2D eigenvalue weighted by molar-refractivity contribution is 0.473. The highest BCUT2D eigenvalue weighted by atomic mass is 79.9. The number of benzene rings is 2. The van der Waals surface area contributed by atoms with E-state index in [2.05, 4.69) is 31.9 Å². The first-order chi connectivity index (χ1) is 9.27. The monoisotopic (exact) mass is 442 g/mol. The van der Waals surface area contributed by atoms with Gasteiger partial charge in [0.05, 0.1) is 13.8 Å². The molecule has 0 heterocycles. The molecule has 0 bridgehead atoms. The van der Waals surface area contributed by atoms with Gasteiger partial charge in [-0.1, -0.05) is 0 Å². The van der Waals surface area contributed by atoms with Crippen molar-refractivity contribution in [2.24, 2.45) is 0 Å². The summed E-state index contributed by atoms with van der Waals surface area (Å²) in [5.74, 6) is 0.169. The van der Waals surface area contributed by atoms with E-state index < -0.39 is 14.9 Å². The summed E-state index contributed by atoms with van der Waals surface area (Å²) in [7, 11) is 1.43. The van der Waals surface area contributed by atoms with Crippen LogP contribution in [0.5, 0.6) is 11.5 Å². The third-order valence-corrected chi connectivity index (χ3v) is 4.92. The number of ether oxygens (including phenoxy) is 1. The van der Waals surface area contributed by atoms with Crippen molar-refractivity contribution in [3.05, 3.63) is 51.2 Å². The Labute approximate surface area is 136 Å². The second-order valence-corrected chi connectivity index (χ2v) is 7.98. The van der Waals surface area contributed by atoms with E-state index in [-0.39, 0.29) is 10.6 Å². The molecule has 0 aliphatic rings. The molecule has 2 rings (SSSR count). The van der Waals surface area contributed by atoms with E-state index in [0.29, 0.717) is 14.7 Å². The Morgan fingerprint density at radius 2 is 1.75 bits per heavy atom. The Bertz CT molecular complexity index is 765. The highest BCUT2D eigenvalue weighted by molar-refractivity contribution is 9.10. The summed E-state index contributed by atoms with van der Waals surface area (Å²) in [6.07, 6.45) is 0. The van der Waals surface area contributed by atoms with Gasteiger partial charge in [-0.2, -0.15) is 0 Å². The van der Waals surface area contributed by atoms with E-state index in [1.807, 2.05) is 0 Å². The zero-order valence-electron chi connectivity index (χ0n) is 9.61. The van der Waals surface area contributed by atoms with Crippen LogP contribution in [0.2, 0.25) is 0 Å². The molecule has 2 aromatic rings. The molecule has 0 aliphatic heterocycles. The summed E-state index contributed by atoms with van der Waals surface area (Å²) in [5.41, 5.74) is 0. The fraction of sp³-hybridized carbons (Fsp3) is 0. The van der Waals surface area contributed by atoms with Crippen LogP contribution in [0.3, 0.4) is 0 Å². The zero-order chi connectivity index (χ0) is 14.9. The van der Waals surface area contributed by atoms with E-state index in [1.54, 1.807) is 6.07 Å². The Morgan fingerprint density at radius 3 is 2.30 bits per heavy atom. The third kappa shape index (κ3) is 3.72. The van der Waals surface area contributed by atoms with Crippen molar-refractivity contribution in [1.82, 2.24) is 0 Å². The number of rotatable bonds is 3. The summed E-state index contributed by atoms with van der Waals surface area (Å²) >= 11 is 6.22. The van der Waals surface area contributed by atoms with Crippen molar-refractivity contribution in [2.45, 2.75) is 4.90 Å².